The van der Waals surface area contributed by atoms with Crippen LogP contribution in [0.25, 0.3) is 5.69 Å². The summed E-state index contributed by atoms with van der Waals surface area (Å²) in [5.41, 5.74) is -3.76. The second-order valence-electron chi connectivity index (χ2n) is 18.5. The standard InChI is InChI=1S/C41H61FN8O9/c1-38(2,3)57-35(54)43-27-13-16-28(17-14-27)50(37(56)59-40(7,8)9)25-26-12-15-29(24-30(26)42)49-19-18-31(45-34(49)53)44-33(52)48-22-20-47(21-23-48)32(51)41(10,11)46-36(55)58-39(4,5)6/h12,15,18-19,24,27-28H,13-14,16-17,20-23,25H2,1-11H3,(H,43,54)(H,46,55)(H,44,45,52,53). The molecule has 18 heteroatoms. The van der Waals surface area contributed by atoms with Gasteiger partial charge in [0.15, 0.2) is 0 Å². The summed E-state index contributed by atoms with van der Waals surface area (Å²) < 4.78 is 33.3. The van der Waals surface area contributed by atoms with E-state index in [4.69, 9.17) is 14.2 Å². The number of piperazine rings is 1. The number of benzene rings is 1. The fourth-order valence-electron chi connectivity index (χ4n) is 6.65. The molecule has 17 nitrogen and oxygen atoms in total. The molecule has 4 rings (SSSR count). The van der Waals surface area contributed by atoms with Crippen LogP contribution in [-0.4, -0.2) is 115 Å². The third-order valence-corrected chi connectivity index (χ3v) is 9.38. The van der Waals surface area contributed by atoms with Gasteiger partial charge in [0.1, 0.15) is 34.0 Å². The molecule has 0 spiro atoms. The van der Waals surface area contributed by atoms with E-state index in [0.29, 0.717) is 25.7 Å². The lowest BCUT2D eigenvalue weighted by molar-refractivity contribution is -0.138. The smallest absolute Gasteiger partial charge is 0.410 e. The molecule has 1 aromatic carbocycles. The predicted molar refractivity (Wildman–Crippen MR) is 218 cm³/mol. The molecule has 1 saturated carbocycles. The van der Waals surface area contributed by atoms with Crippen LogP contribution in [0.15, 0.2) is 35.3 Å². The second kappa shape index (κ2) is 18.2. The molecule has 0 radical (unpaired) electrons. The maximum atomic E-state index is 15.8. The van der Waals surface area contributed by atoms with Gasteiger partial charge in [-0.25, -0.2) is 28.4 Å². The maximum absolute atomic E-state index is 15.8. The molecule has 0 unspecified atom stereocenters. The quantitative estimate of drug-likeness (QED) is 0.269. The molecule has 1 saturated heterocycles. The van der Waals surface area contributed by atoms with E-state index in [1.165, 1.54) is 34.2 Å². The number of carbonyl (C=O) groups excluding carboxylic acids is 5. The Labute approximate surface area is 345 Å². The summed E-state index contributed by atoms with van der Waals surface area (Å²) in [7, 11) is 0. The molecule has 0 bridgehead atoms. The molecule has 1 aliphatic carbocycles. The Balaban J connectivity index is 1.37. The number of hydrogen-bond acceptors (Lipinski definition) is 10. The van der Waals surface area contributed by atoms with Crippen LogP contribution in [0.5, 0.6) is 0 Å². The molecule has 59 heavy (non-hydrogen) atoms. The van der Waals surface area contributed by atoms with Gasteiger partial charge in [-0.05, 0) is 120 Å². The number of nitrogens with zero attached hydrogens (tertiary/aromatic N) is 5. The average Bonchev–Trinajstić information content (AvgIpc) is 3.08. The first-order valence-electron chi connectivity index (χ1n) is 19.9. The van der Waals surface area contributed by atoms with Crippen molar-refractivity contribution < 1.29 is 42.6 Å². The summed E-state index contributed by atoms with van der Waals surface area (Å²) in [6.07, 6.45) is 1.84. The highest BCUT2D eigenvalue weighted by Crippen LogP contribution is 2.28. The minimum atomic E-state index is -1.24. The first-order chi connectivity index (χ1) is 27.2. The maximum Gasteiger partial charge on any atom is 0.410 e. The van der Waals surface area contributed by atoms with Gasteiger partial charge >= 0.3 is 30.0 Å². The van der Waals surface area contributed by atoms with E-state index in [2.05, 4.69) is 20.9 Å². The molecule has 2 heterocycles. The first kappa shape index (κ1) is 46.3. The van der Waals surface area contributed by atoms with Crippen LogP contribution < -0.4 is 21.6 Å². The van der Waals surface area contributed by atoms with Crippen molar-refractivity contribution in [2.45, 2.75) is 143 Å². The summed E-state index contributed by atoms with van der Waals surface area (Å²) in [6, 6.07) is 4.70. The van der Waals surface area contributed by atoms with E-state index >= 15 is 4.39 Å². The lowest BCUT2D eigenvalue weighted by atomic mass is 9.90. The van der Waals surface area contributed by atoms with E-state index < -0.39 is 58.2 Å². The van der Waals surface area contributed by atoms with Gasteiger partial charge in [-0.3, -0.25) is 14.7 Å². The first-order valence-corrected chi connectivity index (χ1v) is 19.9. The number of carbonyl (C=O) groups is 5. The van der Waals surface area contributed by atoms with E-state index in [9.17, 15) is 28.8 Å². The summed E-state index contributed by atoms with van der Waals surface area (Å²) >= 11 is 0. The minimum absolute atomic E-state index is 0.0152. The predicted octanol–water partition coefficient (Wildman–Crippen LogP) is 5.92. The number of nitrogens with one attached hydrogen (secondary N) is 3. The topological polar surface area (TPSA) is 194 Å². The van der Waals surface area contributed by atoms with Gasteiger partial charge in [-0.1, -0.05) is 6.07 Å². The highest BCUT2D eigenvalue weighted by atomic mass is 19.1. The fourth-order valence-corrected chi connectivity index (χ4v) is 6.65. The molecule has 3 N–H and O–H groups in total. The number of aromatic nitrogens is 2. The van der Waals surface area contributed by atoms with Crippen LogP contribution in [0.3, 0.4) is 0 Å². The molecule has 6 amide bonds. The van der Waals surface area contributed by atoms with Crippen molar-refractivity contribution in [3.8, 4) is 5.69 Å². The van der Waals surface area contributed by atoms with Crippen LogP contribution >= 0.6 is 0 Å². The molecule has 326 valence electrons. The van der Waals surface area contributed by atoms with Gasteiger partial charge < -0.3 is 39.5 Å². The second-order valence-corrected chi connectivity index (χ2v) is 18.5. The Morgan fingerprint density at radius 2 is 1.34 bits per heavy atom. The van der Waals surface area contributed by atoms with Gasteiger partial charge in [0.2, 0.25) is 5.91 Å². The van der Waals surface area contributed by atoms with Gasteiger partial charge in [0.05, 0.1) is 12.2 Å². The summed E-state index contributed by atoms with van der Waals surface area (Å²) in [5.74, 6) is -0.993. The number of urea groups is 1. The van der Waals surface area contributed by atoms with Crippen LogP contribution in [0.2, 0.25) is 0 Å². The van der Waals surface area contributed by atoms with Crippen LogP contribution in [-0.2, 0) is 25.5 Å². The number of alkyl carbamates (subject to hydrolysis) is 2. The van der Waals surface area contributed by atoms with E-state index in [1.54, 1.807) is 87.1 Å². The van der Waals surface area contributed by atoms with Gasteiger partial charge in [-0.2, -0.15) is 4.98 Å². The molecule has 0 atom stereocenters. The van der Waals surface area contributed by atoms with Crippen molar-refractivity contribution >= 4 is 36.0 Å². The highest BCUT2D eigenvalue weighted by Gasteiger charge is 2.37. The Morgan fingerprint density at radius 3 is 1.88 bits per heavy atom. The summed E-state index contributed by atoms with van der Waals surface area (Å²) in [6.45, 7) is 19.7. The average molecular weight is 829 g/mol. The number of ether oxygens (including phenoxy) is 3. The molecule has 1 aromatic heterocycles. The number of rotatable bonds is 8. The van der Waals surface area contributed by atoms with E-state index in [1.807, 2.05) is 0 Å². The highest BCUT2D eigenvalue weighted by molar-refractivity contribution is 5.90. The Morgan fingerprint density at radius 1 is 0.780 bits per heavy atom. The van der Waals surface area contributed by atoms with Gasteiger partial charge in [-0.15, -0.1) is 0 Å². The van der Waals surface area contributed by atoms with E-state index in [0.717, 1.165) is 4.57 Å². The minimum Gasteiger partial charge on any atom is -0.444 e. The Kier molecular flexibility index (Phi) is 14.3. The van der Waals surface area contributed by atoms with E-state index in [-0.39, 0.29) is 67.8 Å². The third kappa shape index (κ3) is 13.8. The molecule has 1 aliphatic heterocycles. The zero-order chi connectivity index (χ0) is 44.1. The fraction of sp³-hybridized carbons (Fsp3) is 0.634. The van der Waals surface area contributed by atoms with Gasteiger partial charge in [0, 0.05) is 50.0 Å². The number of hydrogen-bond donors (Lipinski definition) is 3. The SMILES string of the molecule is CC(C)(C)OC(=O)NC1CCC(N(Cc2ccc(-n3ccc(NC(=O)N4CCN(C(=O)C(C)(C)NC(=O)OC(C)(C)C)CC4)nc3=O)cc2F)C(=O)OC(C)(C)C)CC1. The number of amides is 6. The van der Waals surface area contributed by atoms with Crippen molar-refractivity contribution in [1.29, 1.82) is 0 Å². The number of anilines is 1. The molecule has 2 aromatic rings. The van der Waals surface area contributed by atoms with Crippen LogP contribution in [0, 0.1) is 5.82 Å². The summed E-state index contributed by atoms with van der Waals surface area (Å²) in [5, 5.41) is 8.11. The van der Waals surface area contributed by atoms with Crippen LogP contribution in [0.1, 0.15) is 107 Å². The molecule has 2 fully saturated rings. The lowest BCUT2D eigenvalue weighted by Gasteiger charge is -2.38. The molecule has 2 aliphatic rings. The van der Waals surface area contributed by atoms with Crippen molar-refractivity contribution in [2.24, 2.45) is 0 Å². The third-order valence-electron chi connectivity index (χ3n) is 9.38. The van der Waals surface area contributed by atoms with Crippen molar-refractivity contribution in [3.05, 3.63) is 52.3 Å². The van der Waals surface area contributed by atoms with Crippen molar-refractivity contribution in [1.82, 2.24) is 34.9 Å². The Hall–Kier alpha value is -5.42. The largest absolute Gasteiger partial charge is 0.444 e. The molecular formula is C41H61FN8O9. The van der Waals surface area contributed by atoms with Crippen molar-refractivity contribution in [3.63, 3.8) is 0 Å². The van der Waals surface area contributed by atoms with Crippen molar-refractivity contribution in [2.75, 3.05) is 31.5 Å². The zero-order valence-electron chi connectivity index (χ0n) is 36.2. The summed E-state index contributed by atoms with van der Waals surface area (Å²) in [4.78, 5) is 86.0. The zero-order valence-corrected chi connectivity index (χ0v) is 36.2. The van der Waals surface area contributed by atoms with Crippen LogP contribution in [0.4, 0.5) is 29.4 Å². The number of halogens is 1. The normalized spacial score (nSPS) is 17.7. The lowest BCUT2D eigenvalue weighted by Crippen LogP contribution is -2.60. The monoisotopic (exact) mass is 828 g/mol. The Bertz CT molecular complexity index is 1920. The van der Waals surface area contributed by atoms with Gasteiger partial charge in [0.25, 0.3) is 0 Å². The molecular weight excluding hydrogens is 767 g/mol.